The van der Waals surface area contributed by atoms with Crippen molar-refractivity contribution in [3.05, 3.63) is 34.7 Å². The summed E-state index contributed by atoms with van der Waals surface area (Å²) >= 11 is 3.49. The highest BCUT2D eigenvalue weighted by molar-refractivity contribution is 9.10. The van der Waals surface area contributed by atoms with E-state index in [0.29, 0.717) is 0 Å². The van der Waals surface area contributed by atoms with Crippen LogP contribution in [-0.4, -0.2) is 14.8 Å². The van der Waals surface area contributed by atoms with Crippen molar-refractivity contribution in [2.75, 3.05) is 0 Å². The van der Waals surface area contributed by atoms with Gasteiger partial charge < -0.3 is 0 Å². The smallest absolute Gasteiger partial charge is 0.128 e. The molecule has 5 heteroatoms. The maximum absolute atomic E-state index is 8.68. The van der Waals surface area contributed by atoms with Crippen molar-refractivity contribution in [1.82, 2.24) is 14.8 Å². The van der Waals surface area contributed by atoms with Crippen LogP contribution in [0.15, 0.2) is 29.0 Å². The second-order valence-electron chi connectivity index (χ2n) is 3.30. The molecule has 0 bridgehead atoms. The van der Waals surface area contributed by atoms with E-state index in [9.17, 15) is 0 Å². The van der Waals surface area contributed by atoms with Gasteiger partial charge in [0, 0.05) is 18.0 Å². The van der Waals surface area contributed by atoms with E-state index in [4.69, 9.17) is 5.26 Å². The van der Waals surface area contributed by atoms with E-state index in [1.807, 2.05) is 19.1 Å². The van der Waals surface area contributed by atoms with E-state index in [1.54, 1.807) is 17.1 Å². The molecule has 80 valence electrons. The maximum atomic E-state index is 8.68. The van der Waals surface area contributed by atoms with Gasteiger partial charge in [-0.25, -0.2) is 0 Å². The van der Waals surface area contributed by atoms with Gasteiger partial charge in [0.25, 0.3) is 0 Å². The zero-order valence-corrected chi connectivity index (χ0v) is 10.3. The molecular weight excluding hydrogens is 268 g/mol. The second kappa shape index (κ2) is 4.45. The summed E-state index contributed by atoms with van der Waals surface area (Å²) in [6.45, 7) is 2.19. The first kappa shape index (κ1) is 10.8. The molecule has 0 atom stereocenters. The number of nitrogens with zero attached hydrogens (tertiary/aromatic N) is 4. The Balaban J connectivity index is 2.52. The number of pyridine rings is 1. The summed E-state index contributed by atoms with van der Waals surface area (Å²) in [5, 5.41) is 13.1. The van der Waals surface area contributed by atoms with Crippen molar-refractivity contribution in [3.63, 3.8) is 0 Å². The van der Waals surface area contributed by atoms with Crippen LogP contribution in [-0.2, 0) is 6.54 Å². The van der Waals surface area contributed by atoms with Crippen LogP contribution >= 0.6 is 15.9 Å². The predicted molar refractivity (Wildman–Crippen MR) is 63.5 cm³/mol. The van der Waals surface area contributed by atoms with Gasteiger partial charge >= 0.3 is 0 Å². The average Bonchev–Trinajstić information content (AvgIpc) is 2.59. The van der Waals surface area contributed by atoms with E-state index >= 15 is 0 Å². The molecule has 2 heterocycles. The number of halogens is 1. The number of hydrogen-bond acceptors (Lipinski definition) is 3. The van der Waals surface area contributed by atoms with Crippen LogP contribution in [0.3, 0.4) is 0 Å². The Labute approximate surface area is 102 Å². The largest absolute Gasteiger partial charge is 0.265 e. The third-order valence-electron chi connectivity index (χ3n) is 2.31. The zero-order valence-electron chi connectivity index (χ0n) is 8.68. The molecule has 2 aromatic rings. The van der Waals surface area contributed by atoms with Gasteiger partial charge in [-0.05, 0) is 35.0 Å². The Kier molecular flexibility index (Phi) is 3.02. The lowest BCUT2D eigenvalue weighted by Crippen LogP contribution is -1.99. The number of aromatic nitrogens is 3. The van der Waals surface area contributed by atoms with Crippen molar-refractivity contribution < 1.29 is 0 Å². The van der Waals surface area contributed by atoms with Gasteiger partial charge in [0.05, 0.1) is 16.2 Å². The van der Waals surface area contributed by atoms with Crippen LogP contribution in [0.25, 0.3) is 11.3 Å². The highest BCUT2D eigenvalue weighted by Gasteiger charge is 2.13. The Morgan fingerprint density at radius 2 is 2.12 bits per heavy atom. The second-order valence-corrected chi connectivity index (χ2v) is 4.09. The molecule has 2 rings (SSSR count). The highest BCUT2D eigenvalue weighted by atomic mass is 79.9. The minimum atomic E-state index is 0.259. The molecule has 0 amide bonds. The quantitative estimate of drug-likeness (QED) is 0.847. The first-order valence-electron chi connectivity index (χ1n) is 4.74. The van der Waals surface area contributed by atoms with Crippen LogP contribution < -0.4 is 0 Å². The molecule has 0 unspecified atom stereocenters. The lowest BCUT2D eigenvalue weighted by molar-refractivity contribution is 0.688. The summed E-state index contributed by atoms with van der Waals surface area (Å²) in [4.78, 5) is 3.96. The van der Waals surface area contributed by atoms with Crippen molar-refractivity contribution in [3.8, 4) is 17.3 Å². The Morgan fingerprint density at radius 1 is 1.44 bits per heavy atom. The average molecular weight is 277 g/mol. The summed E-state index contributed by atoms with van der Waals surface area (Å²) in [6.07, 6.45) is 3.45. The van der Waals surface area contributed by atoms with Crippen molar-refractivity contribution in [2.24, 2.45) is 0 Å². The van der Waals surface area contributed by atoms with Crippen molar-refractivity contribution in [2.45, 2.75) is 13.5 Å². The van der Waals surface area contributed by atoms with Gasteiger partial charge in [0.15, 0.2) is 0 Å². The van der Waals surface area contributed by atoms with Gasteiger partial charge in [0.1, 0.15) is 12.2 Å². The van der Waals surface area contributed by atoms with Crippen LogP contribution in [0.4, 0.5) is 0 Å². The molecule has 0 fully saturated rings. The Hall–Kier alpha value is -1.67. The first-order chi connectivity index (χ1) is 7.74. The molecule has 0 aromatic carbocycles. The molecule has 0 saturated carbocycles. The van der Waals surface area contributed by atoms with Gasteiger partial charge in [-0.2, -0.15) is 10.4 Å². The van der Waals surface area contributed by atoms with Gasteiger partial charge in [-0.3, -0.25) is 9.67 Å². The molecule has 0 saturated heterocycles. The zero-order chi connectivity index (χ0) is 11.5. The molecular formula is C11H9BrN4. The SMILES string of the molecule is Cc1c(Br)c(-c2ccncc2)nn1CC#N. The molecule has 2 aromatic heterocycles. The molecule has 0 aliphatic rings. The summed E-state index contributed by atoms with van der Waals surface area (Å²) in [7, 11) is 0. The normalized spacial score (nSPS) is 10.1. The van der Waals surface area contributed by atoms with E-state index in [1.165, 1.54) is 0 Å². The minimum absolute atomic E-state index is 0.259. The third kappa shape index (κ3) is 1.84. The summed E-state index contributed by atoms with van der Waals surface area (Å²) in [5.41, 5.74) is 2.78. The van der Waals surface area contributed by atoms with Crippen LogP contribution in [0.5, 0.6) is 0 Å². The fourth-order valence-corrected chi connectivity index (χ4v) is 1.95. The minimum Gasteiger partial charge on any atom is -0.265 e. The standard InChI is InChI=1S/C11H9BrN4/c1-8-10(12)11(15-16(8)7-4-13)9-2-5-14-6-3-9/h2-3,5-6H,7H2,1H3. The summed E-state index contributed by atoms with van der Waals surface area (Å²) in [6, 6.07) is 5.87. The fourth-order valence-electron chi connectivity index (χ4n) is 1.44. The van der Waals surface area contributed by atoms with Gasteiger partial charge in [-0.15, -0.1) is 0 Å². The van der Waals surface area contributed by atoms with Crippen LogP contribution in [0, 0.1) is 18.3 Å². The fraction of sp³-hybridized carbons (Fsp3) is 0.182. The monoisotopic (exact) mass is 276 g/mol. The highest BCUT2D eigenvalue weighted by Crippen LogP contribution is 2.29. The first-order valence-corrected chi connectivity index (χ1v) is 5.53. The van der Waals surface area contributed by atoms with E-state index in [0.717, 1.165) is 21.4 Å². The Morgan fingerprint density at radius 3 is 2.75 bits per heavy atom. The number of rotatable bonds is 2. The van der Waals surface area contributed by atoms with Crippen LogP contribution in [0.2, 0.25) is 0 Å². The molecule has 0 spiro atoms. The topological polar surface area (TPSA) is 54.5 Å². The molecule has 0 aliphatic carbocycles. The van der Waals surface area contributed by atoms with E-state index in [2.05, 4.69) is 32.1 Å². The van der Waals surface area contributed by atoms with E-state index in [-0.39, 0.29) is 6.54 Å². The maximum Gasteiger partial charge on any atom is 0.128 e. The van der Waals surface area contributed by atoms with Crippen LogP contribution in [0.1, 0.15) is 5.69 Å². The molecule has 0 N–H and O–H groups in total. The van der Waals surface area contributed by atoms with Gasteiger partial charge in [0.2, 0.25) is 0 Å². The number of hydrogen-bond donors (Lipinski definition) is 0. The lowest BCUT2D eigenvalue weighted by atomic mass is 10.2. The van der Waals surface area contributed by atoms with Gasteiger partial charge in [-0.1, -0.05) is 0 Å². The Bertz CT molecular complexity index is 539. The molecule has 0 aliphatic heterocycles. The predicted octanol–water partition coefficient (Wildman–Crippen LogP) is 2.54. The molecule has 0 radical (unpaired) electrons. The lowest BCUT2D eigenvalue weighted by Gasteiger charge is -1.95. The van der Waals surface area contributed by atoms with Crippen molar-refractivity contribution in [1.29, 1.82) is 5.26 Å². The third-order valence-corrected chi connectivity index (χ3v) is 3.26. The number of nitriles is 1. The molecule has 4 nitrogen and oxygen atoms in total. The van der Waals surface area contributed by atoms with Crippen molar-refractivity contribution >= 4 is 15.9 Å². The van der Waals surface area contributed by atoms with E-state index < -0.39 is 0 Å². The summed E-state index contributed by atoms with van der Waals surface area (Å²) in [5.74, 6) is 0. The summed E-state index contributed by atoms with van der Waals surface area (Å²) < 4.78 is 2.61. The molecule has 16 heavy (non-hydrogen) atoms.